The molecule has 0 aliphatic carbocycles. The maximum Gasteiger partial charge on any atom is 0.0581 e. The molecule has 1 aliphatic heterocycles. The van der Waals surface area contributed by atoms with Gasteiger partial charge in [0.05, 0.1) is 11.4 Å². The molecule has 0 saturated carbocycles. The molecular weight excluding hydrogens is 266 g/mol. The van der Waals surface area contributed by atoms with Crippen molar-refractivity contribution in [1.29, 1.82) is 0 Å². The standard InChI is InChI=1S/C21H15N/c1-2-8-17(9-3-1)14-15-22-20-12-6-4-10-18(20)16-19-11-5-7-13-21(19)22/h1-13H,16H2. The average molecular weight is 281 g/mol. The van der Waals surface area contributed by atoms with E-state index in [0.29, 0.717) is 0 Å². The molecule has 0 aromatic heterocycles. The summed E-state index contributed by atoms with van der Waals surface area (Å²) in [5.74, 6) is 3.27. The largest absolute Gasteiger partial charge is 0.269 e. The first-order chi connectivity index (χ1) is 10.9. The second-order valence-electron chi connectivity index (χ2n) is 5.37. The summed E-state index contributed by atoms with van der Waals surface area (Å²) in [6.45, 7) is 0. The quantitative estimate of drug-likeness (QED) is 0.538. The molecule has 3 aromatic carbocycles. The van der Waals surface area contributed by atoms with Crippen LogP contribution >= 0.6 is 0 Å². The van der Waals surface area contributed by atoms with E-state index in [1.165, 1.54) is 22.5 Å². The van der Waals surface area contributed by atoms with Crippen molar-refractivity contribution >= 4 is 11.4 Å². The molecule has 22 heavy (non-hydrogen) atoms. The minimum atomic E-state index is 0.968. The van der Waals surface area contributed by atoms with E-state index in [9.17, 15) is 0 Å². The Morgan fingerprint density at radius 3 is 1.82 bits per heavy atom. The minimum Gasteiger partial charge on any atom is -0.269 e. The molecule has 0 saturated heterocycles. The summed E-state index contributed by atoms with van der Waals surface area (Å²) in [7, 11) is 0. The van der Waals surface area contributed by atoms with E-state index in [-0.39, 0.29) is 0 Å². The average Bonchev–Trinajstić information content (AvgIpc) is 2.59. The summed E-state index contributed by atoms with van der Waals surface area (Å²) in [6, 6.07) is 30.4. The fraction of sp³-hybridized carbons (Fsp3) is 0.0476. The number of fused-ring (bicyclic) bond motifs is 2. The van der Waals surface area contributed by atoms with Gasteiger partial charge in [0.1, 0.15) is 0 Å². The van der Waals surface area contributed by atoms with Gasteiger partial charge in [-0.15, -0.1) is 0 Å². The number of para-hydroxylation sites is 2. The van der Waals surface area contributed by atoms with Gasteiger partial charge in [-0.1, -0.05) is 54.6 Å². The maximum absolute atomic E-state index is 3.33. The van der Waals surface area contributed by atoms with Crippen LogP contribution in [-0.4, -0.2) is 0 Å². The molecule has 0 unspecified atom stereocenters. The number of benzene rings is 3. The van der Waals surface area contributed by atoms with Crippen LogP contribution in [0.15, 0.2) is 78.9 Å². The molecule has 0 radical (unpaired) electrons. The molecule has 1 nitrogen and oxygen atoms in total. The van der Waals surface area contributed by atoms with Gasteiger partial charge in [0.15, 0.2) is 0 Å². The van der Waals surface area contributed by atoms with Crippen molar-refractivity contribution in [1.82, 2.24) is 0 Å². The van der Waals surface area contributed by atoms with Gasteiger partial charge in [-0.3, -0.25) is 4.90 Å². The molecule has 0 bridgehead atoms. The highest BCUT2D eigenvalue weighted by atomic mass is 15.1. The number of hydrogen-bond acceptors (Lipinski definition) is 1. The number of rotatable bonds is 0. The molecule has 0 N–H and O–H groups in total. The van der Waals surface area contributed by atoms with Gasteiger partial charge in [-0.2, -0.15) is 0 Å². The van der Waals surface area contributed by atoms with Gasteiger partial charge < -0.3 is 0 Å². The van der Waals surface area contributed by atoms with E-state index in [0.717, 1.165) is 12.0 Å². The fourth-order valence-electron chi connectivity index (χ4n) is 2.85. The third-order valence-electron chi connectivity index (χ3n) is 3.93. The van der Waals surface area contributed by atoms with Gasteiger partial charge in [0, 0.05) is 18.0 Å². The minimum absolute atomic E-state index is 0.968. The molecule has 3 aromatic rings. The monoisotopic (exact) mass is 281 g/mol. The van der Waals surface area contributed by atoms with Crippen molar-refractivity contribution in [3.63, 3.8) is 0 Å². The number of hydrogen-bond donors (Lipinski definition) is 0. The van der Waals surface area contributed by atoms with Crippen LogP contribution in [0.25, 0.3) is 0 Å². The van der Waals surface area contributed by atoms with E-state index >= 15 is 0 Å². The maximum atomic E-state index is 3.33. The molecule has 0 amide bonds. The summed E-state index contributed by atoms with van der Waals surface area (Å²) in [5, 5.41) is 0. The third-order valence-corrected chi connectivity index (χ3v) is 3.93. The van der Waals surface area contributed by atoms with Gasteiger partial charge in [0.25, 0.3) is 0 Å². The van der Waals surface area contributed by atoms with Crippen molar-refractivity contribution in [2.45, 2.75) is 6.42 Å². The Morgan fingerprint density at radius 1 is 0.636 bits per heavy atom. The Bertz CT molecular complexity index is 823. The molecule has 4 rings (SSSR count). The fourth-order valence-corrected chi connectivity index (χ4v) is 2.85. The van der Waals surface area contributed by atoms with Gasteiger partial charge in [-0.05, 0) is 41.3 Å². The van der Waals surface area contributed by atoms with Crippen molar-refractivity contribution in [2.24, 2.45) is 0 Å². The van der Waals surface area contributed by atoms with Crippen molar-refractivity contribution in [3.8, 4) is 12.0 Å². The molecule has 1 heterocycles. The molecule has 0 spiro atoms. The topological polar surface area (TPSA) is 3.24 Å². The normalized spacial score (nSPS) is 11.9. The van der Waals surface area contributed by atoms with Crippen LogP contribution in [0.3, 0.4) is 0 Å². The van der Waals surface area contributed by atoms with Crippen molar-refractivity contribution in [3.05, 3.63) is 95.6 Å². The highest BCUT2D eigenvalue weighted by Gasteiger charge is 2.20. The van der Waals surface area contributed by atoms with E-state index in [1.807, 2.05) is 30.3 Å². The second-order valence-corrected chi connectivity index (χ2v) is 5.37. The van der Waals surface area contributed by atoms with Crippen LogP contribution in [0, 0.1) is 12.0 Å². The molecule has 0 atom stereocenters. The van der Waals surface area contributed by atoms with E-state index in [1.54, 1.807) is 0 Å². The van der Waals surface area contributed by atoms with Gasteiger partial charge >= 0.3 is 0 Å². The first kappa shape index (κ1) is 12.7. The Morgan fingerprint density at radius 2 is 1.18 bits per heavy atom. The third kappa shape index (κ3) is 2.25. The molecule has 104 valence electrons. The molecule has 1 aliphatic rings. The van der Waals surface area contributed by atoms with Gasteiger partial charge in [-0.25, -0.2) is 0 Å². The lowest BCUT2D eigenvalue weighted by atomic mass is 9.96. The molecule has 0 fully saturated rings. The Balaban J connectivity index is 1.83. The predicted molar refractivity (Wildman–Crippen MR) is 91.1 cm³/mol. The second kappa shape index (κ2) is 5.42. The first-order valence-corrected chi connectivity index (χ1v) is 7.44. The molecular formula is C21H15N. The van der Waals surface area contributed by atoms with Crippen LogP contribution in [0.1, 0.15) is 16.7 Å². The van der Waals surface area contributed by atoms with E-state index in [4.69, 9.17) is 0 Å². The van der Waals surface area contributed by atoms with Crippen LogP contribution in [0.2, 0.25) is 0 Å². The zero-order chi connectivity index (χ0) is 14.8. The lowest BCUT2D eigenvalue weighted by Crippen LogP contribution is -2.18. The highest BCUT2D eigenvalue weighted by molar-refractivity contribution is 5.78. The van der Waals surface area contributed by atoms with Crippen LogP contribution < -0.4 is 4.90 Å². The Kier molecular flexibility index (Phi) is 3.14. The Hall–Kier alpha value is -2.98. The van der Waals surface area contributed by atoms with Crippen LogP contribution in [0.5, 0.6) is 0 Å². The SMILES string of the molecule is C(#CN1c2ccccc2Cc2ccccc21)c1ccccc1. The van der Waals surface area contributed by atoms with Crippen molar-refractivity contribution in [2.75, 3.05) is 4.90 Å². The number of nitrogens with zero attached hydrogens (tertiary/aromatic N) is 1. The van der Waals surface area contributed by atoms with Crippen molar-refractivity contribution < 1.29 is 0 Å². The smallest absolute Gasteiger partial charge is 0.0581 e. The summed E-state index contributed by atoms with van der Waals surface area (Å²) in [5.41, 5.74) is 6.05. The highest BCUT2D eigenvalue weighted by Crippen LogP contribution is 2.37. The zero-order valence-electron chi connectivity index (χ0n) is 12.2. The van der Waals surface area contributed by atoms with Crippen LogP contribution in [-0.2, 0) is 6.42 Å². The lowest BCUT2D eigenvalue weighted by molar-refractivity contribution is 1.10. The predicted octanol–water partition coefficient (Wildman–Crippen LogP) is 4.74. The zero-order valence-corrected chi connectivity index (χ0v) is 12.2. The summed E-state index contributed by atoms with van der Waals surface area (Å²) in [4.78, 5) is 2.11. The Labute approximate surface area is 130 Å². The summed E-state index contributed by atoms with van der Waals surface area (Å²) in [6.07, 6.45) is 0.968. The van der Waals surface area contributed by atoms with Crippen LogP contribution in [0.4, 0.5) is 11.4 Å². The van der Waals surface area contributed by atoms with Gasteiger partial charge in [0.2, 0.25) is 0 Å². The number of anilines is 2. The summed E-state index contributed by atoms with van der Waals surface area (Å²) < 4.78 is 0. The van der Waals surface area contributed by atoms with E-state index in [2.05, 4.69) is 65.4 Å². The van der Waals surface area contributed by atoms with E-state index < -0.39 is 0 Å². The lowest BCUT2D eigenvalue weighted by Gasteiger charge is -2.28. The summed E-state index contributed by atoms with van der Waals surface area (Å²) >= 11 is 0. The first-order valence-electron chi connectivity index (χ1n) is 7.44. The molecule has 1 heteroatoms.